The van der Waals surface area contributed by atoms with E-state index in [-0.39, 0.29) is 0 Å². The van der Waals surface area contributed by atoms with Crippen LogP contribution in [0.1, 0.15) is 25.5 Å². The minimum absolute atomic E-state index is 0.509. The lowest BCUT2D eigenvalue weighted by atomic mass is 9.98. The van der Waals surface area contributed by atoms with Crippen LogP contribution in [0.3, 0.4) is 0 Å². The van der Waals surface area contributed by atoms with Gasteiger partial charge < -0.3 is 4.98 Å². The van der Waals surface area contributed by atoms with Crippen molar-refractivity contribution in [2.45, 2.75) is 19.8 Å². The van der Waals surface area contributed by atoms with Crippen molar-refractivity contribution in [3.8, 4) is 0 Å². The molecule has 0 spiro atoms. The maximum Gasteiger partial charge on any atom is 0.177 e. The number of hydrogen-bond acceptors (Lipinski definition) is 2. The predicted octanol–water partition coefficient (Wildman–Crippen LogP) is 2.56. The lowest BCUT2D eigenvalue weighted by Crippen LogP contribution is -1.99. The highest BCUT2D eigenvalue weighted by atomic mass is 15.0. The molecule has 1 aromatic heterocycles. The second-order valence-electron chi connectivity index (χ2n) is 3.36. The molecule has 0 saturated carbocycles. The van der Waals surface area contributed by atoms with E-state index in [1.165, 1.54) is 0 Å². The minimum Gasteiger partial charge on any atom is -0.343 e. The fourth-order valence-corrected chi connectivity index (χ4v) is 1.54. The van der Waals surface area contributed by atoms with Crippen LogP contribution in [0.25, 0.3) is 5.57 Å². The van der Waals surface area contributed by atoms with E-state index in [1.54, 1.807) is 6.33 Å². The van der Waals surface area contributed by atoms with Crippen molar-refractivity contribution in [2.24, 2.45) is 10.9 Å². The van der Waals surface area contributed by atoms with Gasteiger partial charge in [0.2, 0.25) is 0 Å². The average molecular weight is 175 g/mol. The number of rotatable bonds is 1. The van der Waals surface area contributed by atoms with Gasteiger partial charge in [-0.05, 0) is 24.3 Å². The Kier molecular flexibility index (Phi) is 2.00. The Balaban J connectivity index is 2.37. The van der Waals surface area contributed by atoms with Crippen molar-refractivity contribution in [2.75, 3.05) is 0 Å². The molecule has 0 aromatic carbocycles. The first kappa shape index (κ1) is 8.23. The van der Waals surface area contributed by atoms with E-state index in [1.807, 2.05) is 6.21 Å². The summed E-state index contributed by atoms with van der Waals surface area (Å²) in [6.07, 6.45) is 5.74. The van der Waals surface area contributed by atoms with Crippen LogP contribution in [0.5, 0.6) is 0 Å². The van der Waals surface area contributed by atoms with Gasteiger partial charge in [-0.1, -0.05) is 13.5 Å². The summed E-state index contributed by atoms with van der Waals surface area (Å²) in [5.41, 5.74) is 2.10. The molecule has 1 N–H and O–H groups in total. The third kappa shape index (κ3) is 1.41. The number of aromatic amines is 1. The molecule has 2 rings (SSSR count). The smallest absolute Gasteiger partial charge is 0.177 e. The highest BCUT2D eigenvalue weighted by Gasteiger charge is 2.15. The summed E-state index contributed by atoms with van der Waals surface area (Å²) in [6, 6.07) is 0. The van der Waals surface area contributed by atoms with Gasteiger partial charge in [0.25, 0.3) is 0 Å². The van der Waals surface area contributed by atoms with Crippen molar-refractivity contribution in [3.63, 3.8) is 0 Å². The lowest BCUT2D eigenvalue weighted by molar-refractivity contribution is 0.701. The number of nitrogens with one attached hydrogen (secondary N) is 1. The monoisotopic (exact) mass is 175 g/mol. The van der Waals surface area contributed by atoms with Gasteiger partial charge in [-0.25, -0.2) is 9.98 Å². The molecule has 2 heterocycles. The first-order chi connectivity index (χ1) is 6.31. The highest BCUT2D eigenvalue weighted by molar-refractivity contribution is 5.78. The summed E-state index contributed by atoms with van der Waals surface area (Å²) in [5, 5.41) is 0. The van der Waals surface area contributed by atoms with Crippen LogP contribution in [0.2, 0.25) is 0 Å². The SMILES string of the molecule is C=C1CC(CC)C=Nc2nc[nH]c21. The first-order valence-corrected chi connectivity index (χ1v) is 4.57. The third-order valence-corrected chi connectivity index (χ3v) is 2.41. The van der Waals surface area contributed by atoms with Gasteiger partial charge in [-0.3, -0.25) is 0 Å². The Morgan fingerprint density at radius 2 is 2.54 bits per heavy atom. The first-order valence-electron chi connectivity index (χ1n) is 4.57. The largest absolute Gasteiger partial charge is 0.343 e. The molecular formula is C10H13N3. The van der Waals surface area contributed by atoms with E-state index in [0.717, 1.165) is 29.9 Å². The van der Waals surface area contributed by atoms with E-state index in [0.29, 0.717) is 5.92 Å². The van der Waals surface area contributed by atoms with Crippen LogP contribution in [0.15, 0.2) is 17.9 Å². The van der Waals surface area contributed by atoms with Gasteiger partial charge in [0.05, 0.1) is 12.0 Å². The van der Waals surface area contributed by atoms with Gasteiger partial charge in [0, 0.05) is 6.21 Å². The van der Waals surface area contributed by atoms with E-state index in [4.69, 9.17) is 0 Å². The Labute approximate surface area is 77.6 Å². The maximum atomic E-state index is 4.32. The zero-order valence-corrected chi connectivity index (χ0v) is 7.75. The Morgan fingerprint density at radius 3 is 3.31 bits per heavy atom. The predicted molar refractivity (Wildman–Crippen MR) is 54.2 cm³/mol. The summed E-state index contributed by atoms with van der Waals surface area (Å²) in [5.74, 6) is 1.29. The molecule has 1 unspecified atom stereocenters. The fourth-order valence-electron chi connectivity index (χ4n) is 1.54. The van der Waals surface area contributed by atoms with Crippen LogP contribution in [0, 0.1) is 5.92 Å². The molecule has 0 fully saturated rings. The van der Waals surface area contributed by atoms with Gasteiger partial charge >= 0.3 is 0 Å². The van der Waals surface area contributed by atoms with Crippen LogP contribution >= 0.6 is 0 Å². The zero-order valence-electron chi connectivity index (χ0n) is 7.75. The average Bonchev–Trinajstić information content (AvgIpc) is 2.54. The van der Waals surface area contributed by atoms with Crippen molar-refractivity contribution < 1.29 is 0 Å². The number of H-pyrrole nitrogens is 1. The van der Waals surface area contributed by atoms with Crippen molar-refractivity contribution in [1.82, 2.24) is 9.97 Å². The number of nitrogens with zero attached hydrogens (tertiary/aromatic N) is 2. The molecule has 1 aromatic rings. The van der Waals surface area contributed by atoms with E-state index >= 15 is 0 Å². The molecule has 68 valence electrons. The summed E-state index contributed by atoms with van der Waals surface area (Å²) >= 11 is 0. The van der Waals surface area contributed by atoms with Crippen molar-refractivity contribution >= 4 is 17.6 Å². The Morgan fingerprint density at radius 1 is 1.69 bits per heavy atom. The van der Waals surface area contributed by atoms with Crippen molar-refractivity contribution in [3.05, 3.63) is 18.6 Å². The molecule has 3 heteroatoms. The molecule has 1 aliphatic heterocycles. The molecule has 0 aliphatic carbocycles. The number of aromatic nitrogens is 2. The Hall–Kier alpha value is -1.38. The molecule has 1 atom stereocenters. The van der Waals surface area contributed by atoms with E-state index < -0.39 is 0 Å². The molecule has 0 saturated heterocycles. The minimum atomic E-state index is 0.509. The molecule has 3 nitrogen and oxygen atoms in total. The quantitative estimate of drug-likeness (QED) is 0.700. The van der Waals surface area contributed by atoms with E-state index in [2.05, 4.69) is 28.5 Å². The Bertz CT molecular complexity index is 349. The molecule has 1 aliphatic rings. The van der Waals surface area contributed by atoms with Crippen LogP contribution < -0.4 is 0 Å². The molecular weight excluding hydrogens is 162 g/mol. The van der Waals surface area contributed by atoms with E-state index in [9.17, 15) is 0 Å². The molecule has 0 radical (unpaired) electrons. The highest BCUT2D eigenvalue weighted by Crippen LogP contribution is 2.30. The summed E-state index contributed by atoms with van der Waals surface area (Å²) < 4.78 is 0. The van der Waals surface area contributed by atoms with Gasteiger partial charge in [-0.2, -0.15) is 0 Å². The number of hydrogen-bond donors (Lipinski definition) is 1. The fraction of sp³-hybridized carbons (Fsp3) is 0.400. The summed E-state index contributed by atoms with van der Waals surface area (Å²) in [7, 11) is 0. The van der Waals surface area contributed by atoms with Crippen molar-refractivity contribution in [1.29, 1.82) is 0 Å². The van der Waals surface area contributed by atoms with Gasteiger partial charge in [0.1, 0.15) is 0 Å². The lowest BCUT2D eigenvalue weighted by Gasteiger charge is -2.06. The topological polar surface area (TPSA) is 41.0 Å². The molecule has 13 heavy (non-hydrogen) atoms. The van der Waals surface area contributed by atoms with Gasteiger partial charge in [-0.15, -0.1) is 0 Å². The number of aliphatic imine (C=N–C) groups is 1. The maximum absolute atomic E-state index is 4.32. The standard InChI is InChI=1S/C10H13N3/c1-3-8-4-7(2)9-10(11-5-8)13-6-12-9/h5-6,8H,2-4H2,1H3,(H,12,13). The normalized spacial score (nSPS) is 21.3. The summed E-state index contributed by atoms with van der Waals surface area (Å²) in [6.45, 7) is 6.20. The summed E-state index contributed by atoms with van der Waals surface area (Å²) in [4.78, 5) is 11.5. The zero-order chi connectivity index (χ0) is 9.26. The number of allylic oxidation sites excluding steroid dienone is 1. The third-order valence-electron chi connectivity index (χ3n) is 2.41. The molecule has 0 bridgehead atoms. The number of fused-ring (bicyclic) bond motifs is 1. The molecule has 0 amide bonds. The second kappa shape index (κ2) is 3.17. The number of imidazole rings is 1. The van der Waals surface area contributed by atoms with Crippen LogP contribution in [-0.2, 0) is 0 Å². The van der Waals surface area contributed by atoms with Crippen LogP contribution in [0.4, 0.5) is 5.82 Å². The van der Waals surface area contributed by atoms with Gasteiger partial charge in [0.15, 0.2) is 5.82 Å². The second-order valence-corrected chi connectivity index (χ2v) is 3.36. The van der Waals surface area contributed by atoms with Crippen LogP contribution in [-0.4, -0.2) is 16.2 Å².